The van der Waals surface area contributed by atoms with Crippen LogP contribution in [0.5, 0.6) is 0 Å². The van der Waals surface area contributed by atoms with Gasteiger partial charge in [0, 0.05) is 16.2 Å². The number of rotatable bonds is 3. The molecule has 3 heteroatoms. The summed E-state index contributed by atoms with van der Waals surface area (Å²) in [6.45, 7) is 2.09. The maximum Gasteiger partial charge on any atom is 0.126 e. The molecule has 1 atom stereocenters. The lowest BCUT2D eigenvalue weighted by Gasteiger charge is -2.05. The predicted molar refractivity (Wildman–Crippen MR) is 70.5 cm³/mol. The summed E-state index contributed by atoms with van der Waals surface area (Å²) in [7, 11) is 0. The Morgan fingerprint density at radius 2 is 2.29 bits per heavy atom. The van der Waals surface area contributed by atoms with Gasteiger partial charge in [0.2, 0.25) is 0 Å². The van der Waals surface area contributed by atoms with E-state index in [1.165, 1.54) is 34.6 Å². The SMILES string of the molecule is CCc1ccc(C(N)c2cc3c(s2)CCC3)o1. The number of furan rings is 1. The Hall–Kier alpha value is -1.06. The smallest absolute Gasteiger partial charge is 0.126 e. The van der Waals surface area contributed by atoms with Crippen molar-refractivity contribution >= 4 is 11.3 Å². The van der Waals surface area contributed by atoms with Crippen molar-refractivity contribution in [1.82, 2.24) is 0 Å². The number of nitrogens with two attached hydrogens (primary N) is 1. The molecule has 2 aromatic rings. The number of thiophene rings is 1. The van der Waals surface area contributed by atoms with Gasteiger partial charge in [0.15, 0.2) is 0 Å². The molecule has 0 saturated carbocycles. The Balaban J connectivity index is 1.87. The molecule has 0 amide bonds. The fraction of sp³-hybridized carbons (Fsp3) is 0.429. The van der Waals surface area contributed by atoms with Crippen LogP contribution in [0.4, 0.5) is 0 Å². The zero-order valence-electron chi connectivity index (χ0n) is 10.0. The summed E-state index contributed by atoms with van der Waals surface area (Å²) in [4.78, 5) is 2.77. The minimum absolute atomic E-state index is 0.0918. The summed E-state index contributed by atoms with van der Waals surface area (Å²) in [5, 5.41) is 0. The van der Waals surface area contributed by atoms with Crippen LogP contribution in [0.15, 0.2) is 22.6 Å². The third-order valence-electron chi connectivity index (χ3n) is 3.41. The van der Waals surface area contributed by atoms with E-state index in [0.717, 1.165) is 17.9 Å². The van der Waals surface area contributed by atoms with Crippen LogP contribution in [0.25, 0.3) is 0 Å². The van der Waals surface area contributed by atoms with Crippen LogP contribution >= 0.6 is 11.3 Å². The lowest BCUT2D eigenvalue weighted by molar-refractivity contribution is 0.455. The maximum atomic E-state index is 6.26. The summed E-state index contributed by atoms with van der Waals surface area (Å²) in [5.74, 6) is 1.90. The molecule has 2 nitrogen and oxygen atoms in total. The van der Waals surface area contributed by atoms with E-state index in [1.54, 1.807) is 0 Å². The van der Waals surface area contributed by atoms with Gasteiger partial charge in [-0.25, -0.2) is 0 Å². The molecule has 0 bridgehead atoms. The molecule has 0 aliphatic heterocycles. The van der Waals surface area contributed by atoms with Crippen molar-refractivity contribution < 1.29 is 4.42 Å². The molecule has 3 rings (SSSR count). The Morgan fingerprint density at radius 3 is 3.00 bits per heavy atom. The van der Waals surface area contributed by atoms with Crippen molar-refractivity contribution in [1.29, 1.82) is 0 Å². The fourth-order valence-electron chi connectivity index (χ4n) is 2.40. The van der Waals surface area contributed by atoms with Gasteiger partial charge in [-0.1, -0.05) is 6.92 Å². The molecular weight excluding hydrogens is 230 g/mol. The van der Waals surface area contributed by atoms with Crippen molar-refractivity contribution in [3.63, 3.8) is 0 Å². The molecular formula is C14H17NOS. The van der Waals surface area contributed by atoms with E-state index < -0.39 is 0 Å². The molecule has 2 N–H and O–H groups in total. The summed E-state index contributed by atoms with van der Waals surface area (Å²) >= 11 is 1.86. The third kappa shape index (κ3) is 1.94. The van der Waals surface area contributed by atoms with Crippen LogP contribution in [0.1, 0.15) is 46.2 Å². The molecule has 0 fully saturated rings. The van der Waals surface area contributed by atoms with Crippen LogP contribution < -0.4 is 5.73 Å². The van der Waals surface area contributed by atoms with Gasteiger partial charge in [-0.3, -0.25) is 0 Å². The second-order valence-electron chi connectivity index (χ2n) is 4.59. The van der Waals surface area contributed by atoms with Gasteiger partial charge < -0.3 is 10.2 Å². The van der Waals surface area contributed by atoms with E-state index in [1.807, 2.05) is 23.5 Å². The van der Waals surface area contributed by atoms with E-state index >= 15 is 0 Å². The summed E-state index contributed by atoms with van der Waals surface area (Å²) in [6.07, 6.45) is 4.67. The highest BCUT2D eigenvalue weighted by Gasteiger charge is 2.20. The summed E-state index contributed by atoms with van der Waals surface area (Å²) in [6, 6.07) is 6.21. The Morgan fingerprint density at radius 1 is 1.41 bits per heavy atom. The second-order valence-corrected chi connectivity index (χ2v) is 5.75. The highest BCUT2D eigenvalue weighted by Crippen LogP contribution is 2.35. The van der Waals surface area contributed by atoms with Crippen molar-refractivity contribution in [2.24, 2.45) is 5.73 Å². The lowest BCUT2D eigenvalue weighted by Crippen LogP contribution is -2.09. The van der Waals surface area contributed by atoms with Gasteiger partial charge in [-0.2, -0.15) is 0 Å². The zero-order valence-corrected chi connectivity index (χ0v) is 10.8. The Labute approximate surface area is 105 Å². The topological polar surface area (TPSA) is 39.2 Å². The van der Waals surface area contributed by atoms with Gasteiger partial charge in [-0.15, -0.1) is 11.3 Å². The molecule has 0 aromatic carbocycles. The van der Waals surface area contributed by atoms with Crippen LogP contribution in [0, 0.1) is 0 Å². The molecule has 0 saturated heterocycles. The molecule has 0 spiro atoms. The molecule has 2 aromatic heterocycles. The van der Waals surface area contributed by atoms with Gasteiger partial charge in [0.1, 0.15) is 11.5 Å². The molecule has 0 radical (unpaired) electrons. The van der Waals surface area contributed by atoms with Gasteiger partial charge in [0.05, 0.1) is 6.04 Å². The lowest BCUT2D eigenvalue weighted by atomic mass is 10.1. The average Bonchev–Trinajstić information content (AvgIpc) is 3.02. The first-order valence-electron chi connectivity index (χ1n) is 6.23. The largest absolute Gasteiger partial charge is 0.464 e. The molecule has 1 aliphatic rings. The van der Waals surface area contributed by atoms with Gasteiger partial charge in [-0.05, 0) is 43.0 Å². The van der Waals surface area contributed by atoms with Crippen LogP contribution in [-0.2, 0) is 19.3 Å². The van der Waals surface area contributed by atoms with E-state index in [-0.39, 0.29) is 6.04 Å². The highest BCUT2D eigenvalue weighted by molar-refractivity contribution is 7.12. The van der Waals surface area contributed by atoms with E-state index in [0.29, 0.717) is 0 Å². The first-order chi connectivity index (χ1) is 8.28. The maximum absolute atomic E-state index is 6.26. The van der Waals surface area contributed by atoms with E-state index in [2.05, 4.69) is 13.0 Å². The monoisotopic (exact) mass is 247 g/mol. The van der Waals surface area contributed by atoms with Crippen molar-refractivity contribution in [2.45, 2.75) is 38.6 Å². The highest BCUT2D eigenvalue weighted by atomic mass is 32.1. The van der Waals surface area contributed by atoms with Crippen molar-refractivity contribution in [3.8, 4) is 0 Å². The van der Waals surface area contributed by atoms with Gasteiger partial charge in [0.25, 0.3) is 0 Å². The van der Waals surface area contributed by atoms with Crippen molar-refractivity contribution in [2.75, 3.05) is 0 Å². The first kappa shape index (κ1) is 11.1. The number of fused-ring (bicyclic) bond motifs is 1. The quantitative estimate of drug-likeness (QED) is 0.902. The number of hydrogen-bond donors (Lipinski definition) is 1. The minimum Gasteiger partial charge on any atom is -0.464 e. The van der Waals surface area contributed by atoms with E-state index in [4.69, 9.17) is 10.2 Å². The third-order valence-corrected chi connectivity index (χ3v) is 4.73. The summed E-state index contributed by atoms with van der Waals surface area (Å²) < 4.78 is 5.73. The van der Waals surface area contributed by atoms with Crippen LogP contribution in [-0.4, -0.2) is 0 Å². The van der Waals surface area contributed by atoms with Gasteiger partial charge >= 0.3 is 0 Å². The Bertz CT molecular complexity index is 505. The standard InChI is InChI=1S/C14H17NOS/c1-2-10-6-7-11(16-10)14(15)13-8-9-4-3-5-12(9)17-13/h6-8,14H,2-5,15H2,1H3. The average molecular weight is 247 g/mol. The van der Waals surface area contributed by atoms with Crippen molar-refractivity contribution in [3.05, 3.63) is 45.0 Å². The zero-order chi connectivity index (χ0) is 11.8. The Kier molecular flexibility index (Phi) is 2.81. The summed E-state index contributed by atoms with van der Waals surface area (Å²) in [5.41, 5.74) is 7.76. The number of hydrogen-bond acceptors (Lipinski definition) is 3. The number of aryl methyl sites for hydroxylation is 3. The van der Waals surface area contributed by atoms with Crippen LogP contribution in [0.2, 0.25) is 0 Å². The molecule has 1 aliphatic carbocycles. The minimum atomic E-state index is -0.0918. The van der Waals surface area contributed by atoms with Crippen LogP contribution in [0.3, 0.4) is 0 Å². The predicted octanol–water partition coefficient (Wildman–Crippen LogP) is 3.44. The fourth-order valence-corrected chi connectivity index (χ4v) is 3.66. The second kappa shape index (κ2) is 4.31. The molecule has 17 heavy (non-hydrogen) atoms. The molecule has 1 unspecified atom stereocenters. The van der Waals surface area contributed by atoms with E-state index in [9.17, 15) is 0 Å². The molecule has 2 heterocycles. The molecule has 90 valence electrons. The normalized spacial score (nSPS) is 16.1. The first-order valence-corrected chi connectivity index (χ1v) is 7.05.